The van der Waals surface area contributed by atoms with Crippen LogP contribution in [-0.4, -0.2) is 27.6 Å². The summed E-state index contributed by atoms with van der Waals surface area (Å²) < 4.78 is 6.88. The molecule has 0 saturated heterocycles. The van der Waals surface area contributed by atoms with Gasteiger partial charge < -0.3 is 10.5 Å². The van der Waals surface area contributed by atoms with E-state index in [-0.39, 0.29) is 11.7 Å². The third-order valence-corrected chi connectivity index (χ3v) is 4.07. The van der Waals surface area contributed by atoms with Gasteiger partial charge in [-0.05, 0) is 13.0 Å². The fraction of sp³-hybridized carbons (Fsp3) is 0.385. The summed E-state index contributed by atoms with van der Waals surface area (Å²) in [5.41, 5.74) is 6.95. The number of hydrogen-bond acceptors (Lipinski definition) is 5. The third kappa shape index (κ3) is 3.05. The van der Waals surface area contributed by atoms with Crippen molar-refractivity contribution in [1.29, 1.82) is 0 Å². The lowest BCUT2D eigenvalue weighted by Crippen LogP contribution is -2.17. The predicted molar refractivity (Wildman–Crippen MR) is 79.2 cm³/mol. The molecule has 1 unspecified atom stereocenters. The molecular weight excluding hydrogens is 276 g/mol. The number of ether oxygens (including phenoxy) is 1. The first kappa shape index (κ1) is 14.7. The van der Waals surface area contributed by atoms with Gasteiger partial charge in [0.1, 0.15) is 5.75 Å². The Morgan fingerprint density at radius 3 is 2.95 bits per heavy atom. The minimum Gasteiger partial charge on any atom is -0.496 e. The maximum Gasteiger partial charge on any atom is 0.343 e. The van der Waals surface area contributed by atoms with E-state index in [0.717, 1.165) is 11.3 Å². The molecule has 0 radical (unpaired) electrons. The Morgan fingerprint density at radius 2 is 2.25 bits per heavy atom. The van der Waals surface area contributed by atoms with E-state index in [1.165, 1.54) is 11.8 Å². The van der Waals surface area contributed by atoms with Gasteiger partial charge in [-0.15, -0.1) is 5.10 Å². The van der Waals surface area contributed by atoms with E-state index >= 15 is 0 Å². The molecule has 108 valence electrons. The van der Waals surface area contributed by atoms with Gasteiger partial charge in [0.15, 0.2) is 5.16 Å². The van der Waals surface area contributed by atoms with Crippen molar-refractivity contribution in [2.45, 2.75) is 24.7 Å². The number of nitrogens with one attached hydrogen (secondary N) is 1. The van der Waals surface area contributed by atoms with Crippen LogP contribution in [0, 0.1) is 0 Å². The van der Waals surface area contributed by atoms with E-state index < -0.39 is 0 Å². The van der Waals surface area contributed by atoms with E-state index in [1.54, 1.807) is 11.7 Å². The van der Waals surface area contributed by atoms with Crippen molar-refractivity contribution >= 4 is 11.8 Å². The van der Waals surface area contributed by atoms with Crippen LogP contribution in [0.5, 0.6) is 5.75 Å². The van der Waals surface area contributed by atoms with Crippen molar-refractivity contribution < 1.29 is 4.74 Å². The monoisotopic (exact) mass is 294 g/mol. The Kier molecular flexibility index (Phi) is 4.86. The van der Waals surface area contributed by atoms with Gasteiger partial charge in [-0.3, -0.25) is 4.57 Å². The molecule has 0 fully saturated rings. The molecule has 0 saturated carbocycles. The molecule has 0 aliphatic carbocycles. The Labute approximate surface area is 121 Å². The molecular formula is C13H18N4O2S. The minimum atomic E-state index is -0.194. The molecule has 2 aromatic rings. The highest BCUT2D eigenvalue weighted by Gasteiger charge is 2.14. The number of aromatic amines is 1. The number of thioether (sulfide) groups is 1. The fourth-order valence-electron chi connectivity index (χ4n) is 1.92. The van der Waals surface area contributed by atoms with Gasteiger partial charge in [0.25, 0.3) is 0 Å². The van der Waals surface area contributed by atoms with Gasteiger partial charge >= 0.3 is 5.69 Å². The molecule has 6 nitrogen and oxygen atoms in total. The van der Waals surface area contributed by atoms with Crippen molar-refractivity contribution in [3.63, 3.8) is 0 Å². The molecule has 0 aliphatic rings. The summed E-state index contributed by atoms with van der Waals surface area (Å²) in [7, 11) is 1.63. The number of nitrogens with two attached hydrogens (primary N) is 1. The highest BCUT2D eigenvalue weighted by Crippen LogP contribution is 2.27. The predicted octanol–water partition coefficient (Wildman–Crippen LogP) is 1.39. The molecule has 7 heteroatoms. The van der Waals surface area contributed by atoms with Gasteiger partial charge in [0.05, 0.1) is 7.11 Å². The van der Waals surface area contributed by atoms with Crippen LogP contribution in [0.2, 0.25) is 0 Å². The molecule has 0 amide bonds. The number of benzene rings is 1. The van der Waals surface area contributed by atoms with Crippen LogP contribution in [0.1, 0.15) is 18.5 Å². The van der Waals surface area contributed by atoms with Crippen LogP contribution in [0.15, 0.2) is 34.2 Å². The van der Waals surface area contributed by atoms with Crippen LogP contribution in [0.3, 0.4) is 0 Å². The van der Waals surface area contributed by atoms with Crippen LogP contribution in [-0.2, 0) is 6.54 Å². The normalized spacial score (nSPS) is 12.3. The van der Waals surface area contributed by atoms with E-state index in [0.29, 0.717) is 17.5 Å². The van der Waals surface area contributed by atoms with E-state index in [9.17, 15) is 4.79 Å². The molecule has 1 aromatic carbocycles. The second-order valence-corrected chi connectivity index (χ2v) is 5.20. The Bertz CT molecular complexity index is 623. The molecule has 0 spiro atoms. The number of methoxy groups -OCH3 is 1. The molecule has 2 rings (SSSR count). The lowest BCUT2D eigenvalue weighted by atomic mass is 10.1. The minimum absolute atomic E-state index is 0.187. The molecule has 20 heavy (non-hydrogen) atoms. The van der Waals surface area contributed by atoms with Crippen molar-refractivity contribution in [3.8, 4) is 5.75 Å². The molecule has 1 atom stereocenters. The summed E-state index contributed by atoms with van der Waals surface area (Å²) in [6.45, 7) is 2.49. The van der Waals surface area contributed by atoms with Gasteiger partial charge in [-0.2, -0.15) is 0 Å². The molecule has 0 aliphatic heterocycles. The second-order valence-electron chi connectivity index (χ2n) is 4.22. The summed E-state index contributed by atoms with van der Waals surface area (Å²) >= 11 is 1.45. The van der Waals surface area contributed by atoms with Gasteiger partial charge in [0, 0.05) is 23.9 Å². The second kappa shape index (κ2) is 6.62. The van der Waals surface area contributed by atoms with Gasteiger partial charge in [-0.1, -0.05) is 30.0 Å². The number of aromatic nitrogens is 3. The highest BCUT2D eigenvalue weighted by atomic mass is 32.2. The summed E-state index contributed by atoms with van der Waals surface area (Å²) in [6, 6.07) is 7.48. The standard InChI is InChI=1S/C13H18N4O2S/c1-3-17-12(18)15-16-13(17)20-8-10(14)9-6-4-5-7-11(9)19-2/h4-7,10H,3,8,14H2,1-2H3,(H,15,18). The highest BCUT2D eigenvalue weighted by molar-refractivity contribution is 7.99. The first-order valence-corrected chi connectivity index (χ1v) is 7.32. The molecule has 1 aromatic heterocycles. The fourth-order valence-corrected chi connectivity index (χ4v) is 2.91. The summed E-state index contributed by atoms with van der Waals surface area (Å²) in [4.78, 5) is 11.5. The maximum atomic E-state index is 11.5. The zero-order chi connectivity index (χ0) is 14.5. The molecule has 0 bridgehead atoms. The van der Waals surface area contributed by atoms with Crippen molar-refractivity contribution in [2.24, 2.45) is 5.73 Å². The van der Waals surface area contributed by atoms with Gasteiger partial charge in [-0.25, -0.2) is 9.89 Å². The van der Waals surface area contributed by atoms with Crippen molar-refractivity contribution in [2.75, 3.05) is 12.9 Å². The summed E-state index contributed by atoms with van der Waals surface area (Å²) in [5.74, 6) is 1.39. The smallest absolute Gasteiger partial charge is 0.343 e. The topological polar surface area (TPSA) is 85.9 Å². The number of H-pyrrole nitrogens is 1. The van der Waals surface area contributed by atoms with Crippen LogP contribution < -0.4 is 16.2 Å². The molecule has 3 N–H and O–H groups in total. The Hall–Kier alpha value is -1.73. The Morgan fingerprint density at radius 1 is 1.50 bits per heavy atom. The zero-order valence-electron chi connectivity index (χ0n) is 11.5. The van der Waals surface area contributed by atoms with Crippen LogP contribution in [0.25, 0.3) is 0 Å². The third-order valence-electron chi connectivity index (χ3n) is 2.97. The lowest BCUT2D eigenvalue weighted by molar-refractivity contribution is 0.407. The van der Waals surface area contributed by atoms with Crippen molar-refractivity contribution in [1.82, 2.24) is 14.8 Å². The number of para-hydroxylation sites is 1. The largest absolute Gasteiger partial charge is 0.496 e. The number of rotatable bonds is 6. The SMILES string of the molecule is CCn1c(SCC(N)c2ccccc2OC)n[nH]c1=O. The quantitative estimate of drug-likeness (QED) is 0.786. The van der Waals surface area contributed by atoms with Gasteiger partial charge in [0.2, 0.25) is 0 Å². The average Bonchev–Trinajstić information content (AvgIpc) is 2.84. The van der Waals surface area contributed by atoms with E-state index in [4.69, 9.17) is 10.5 Å². The van der Waals surface area contributed by atoms with Crippen LogP contribution in [0.4, 0.5) is 0 Å². The lowest BCUT2D eigenvalue weighted by Gasteiger charge is -2.14. The first-order chi connectivity index (χ1) is 9.67. The number of hydrogen-bond donors (Lipinski definition) is 2. The first-order valence-electron chi connectivity index (χ1n) is 6.33. The van der Waals surface area contributed by atoms with E-state index in [2.05, 4.69) is 10.2 Å². The summed E-state index contributed by atoms with van der Waals surface area (Å²) in [6.07, 6.45) is 0. The average molecular weight is 294 g/mol. The Balaban J connectivity index is 2.08. The van der Waals surface area contributed by atoms with Crippen molar-refractivity contribution in [3.05, 3.63) is 40.3 Å². The number of nitrogens with zero attached hydrogens (tertiary/aromatic N) is 2. The summed E-state index contributed by atoms with van der Waals surface area (Å²) in [5, 5.41) is 7.10. The van der Waals surface area contributed by atoms with E-state index in [1.807, 2.05) is 31.2 Å². The maximum absolute atomic E-state index is 11.5. The van der Waals surface area contributed by atoms with Crippen LogP contribution >= 0.6 is 11.8 Å². The molecule has 1 heterocycles. The zero-order valence-corrected chi connectivity index (χ0v) is 12.3.